The summed E-state index contributed by atoms with van der Waals surface area (Å²) in [4.78, 5) is 13.0. The lowest BCUT2D eigenvalue weighted by Gasteiger charge is -2.00. The highest BCUT2D eigenvalue weighted by Crippen LogP contribution is 2.26. The van der Waals surface area contributed by atoms with Gasteiger partial charge in [-0.3, -0.25) is 4.79 Å². The fourth-order valence-electron chi connectivity index (χ4n) is 2.51. The normalized spacial score (nSPS) is 19.5. The van der Waals surface area contributed by atoms with Crippen LogP contribution in [0, 0.1) is 5.92 Å². The Balaban J connectivity index is 1.68. The van der Waals surface area contributed by atoms with Crippen molar-refractivity contribution in [2.24, 2.45) is 5.92 Å². The summed E-state index contributed by atoms with van der Waals surface area (Å²) in [6.45, 7) is 2.03. The molecule has 0 fully saturated rings. The molecule has 0 spiro atoms. The van der Waals surface area contributed by atoms with E-state index in [2.05, 4.69) is 42.5 Å². The summed E-state index contributed by atoms with van der Waals surface area (Å²) in [7, 11) is 0. The number of allylic oxidation sites excluding steroid dienone is 4. The van der Waals surface area contributed by atoms with Gasteiger partial charge >= 0.3 is 0 Å². The summed E-state index contributed by atoms with van der Waals surface area (Å²) in [5.41, 5.74) is 1.20. The van der Waals surface area contributed by atoms with Crippen LogP contribution in [-0.2, 0) is 11.2 Å². The van der Waals surface area contributed by atoms with Gasteiger partial charge < -0.3 is 0 Å². The van der Waals surface area contributed by atoms with Crippen molar-refractivity contribution in [3.63, 3.8) is 0 Å². The van der Waals surface area contributed by atoms with Gasteiger partial charge in [0.25, 0.3) is 0 Å². The molecule has 1 aromatic heterocycles. The third kappa shape index (κ3) is 2.69. The fraction of sp³-hybridized carbons (Fsp3) is 0.235. The largest absolute Gasteiger partial charge is 0.294 e. The third-order valence-electron chi connectivity index (χ3n) is 3.46. The van der Waals surface area contributed by atoms with Crippen molar-refractivity contribution in [2.45, 2.75) is 19.8 Å². The van der Waals surface area contributed by atoms with E-state index in [1.54, 1.807) is 6.08 Å². The van der Waals surface area contributed by atoms with E-state index in [1.807, 2.05) is 18.3 Å². The molecule has 0 aliphatic heterocycles. The Morgan fingerprint density at radius 2 is 2.21 bits per heavy atom. The molecule has 1 aliphatic rings. The highest BCUT2D eigenvalue weighted by molar-refractivity contribution is 7.19. The minimum atomic E-state index is 0.0781. The smallest absolute Gasteiger partial charge is 0.162 e. The molecule has 1 nitrogen and oxygen atoms in total. The molecule has 1 heterocycles. The Labute approximate surface area is 117 Å². The first-order valence-electron chi connectivity index (χ1n) is 6.57. The van der Waals surface area contributed by atoms with Gasteiger partial charge in [-0.25, -0.2) is 0 Å². The molecule has 0 saturated carbocycles. The minimum Gasteiger partial charge on any atom is -0.294 e. The van der Waals surface area contributed by atoms with Crippen LogP contribution in [0.25, 0.3) is 10.1 Å². The highest BCUT2D eigenvalue weighted by Gasteiger charge is 2.19. The van der Waals surface area contributed by atoms with Crippen molar-refractivity contribution < 1.29 is 4.79 Å². The van der Waals surface area contributed by atoms with E-state index >= 15 is 0 Å². The van der Waals surface area contributed by atoms with Crippen molar-refractivity contribution in [3.8, 4) is 0 Å². The Hall–Kier alpha value is -1.67. The van der Waals surface area contributed by atoms with Crippen LogP contribution in [0.4, 0.5) is 0 Å². The second-order valence-electron chi connectivity index (χ2n) is 5.09. The predicted molar refractivity (Wildman–Crippen MR) is 81.5 cm³/mol. The maximum absolute atomic E-state index is 11.6. The standard InChI is InChI=1S/C17H16OS/c1-12-9-13(16(18)10-12)6-4-7-15-11-14-5-2-3-8-17(14)19-15/h2-6,8,10-11,13H,7,9H2,1H3/b6-4+. The maximum Gasteiger partial charge on any atom is 0.162 e. The van der Waals surface area contributed by atoms with E-state index in [-0.39, 0.29) is 11.7 Å². The van der Waals surface area contributed by atoms with Crippen LogP contribution in [0.3, 0.4) is 0 Å². The topological polar surface area (TPSA) is 17.1 Å². The lowest BCUT2D eigenvalue weighted by Crippen LogP contribution is -2.02. The molecule has 2 aromatic rings. The number of benzene rings is 1. The van der Waals surface area contributed by atoms with Crippen molar-refractivity contribution in [2.75, 3.05) is 0 Å². The van der Waals surface area contributed by atoms with Gasteiger partial charge in [0, 0.05) is 15.5 Å². The Morgan fingerprint density at radius 1 is 1.37 bits per heavy atom. The van der Waals surface area contributed by atoms with Crippen LogP contribution in [0.2, 0.25) is 0 Å². The molecule has 1 aromatic carbocycles. The minimum absolute atomic E-state index is 0.0781. The SMILES string of the molecule is CC1=CC(=O)C(/C=C/Cc2cc3ccccc3s2)C1. The van der Waals surface area contributed by atoms with Gasteiger partial charge in [-0.2, -0.15) is 0 Å². The zero-order valence-electron chi connectivity index (χ0n) is 10.9. The first kappa shape index (κ1) is 12.4. The molecule has 0 amide bonds. The Bertz CT molecular complexity index is 642. The highest BCUT2D eigenvalue weighted by atomic mass is 32.1. The maximum atomic E-state index is 11.6. The third-order valence-corrected chi connectivity index (χ3v) is 4.60. The predicted octanol–water partition coefficient (Wildman–Crippen LogP) is 4.54. The van der Waals surface area contributed by atoms with Gasteiger partial charge in [-0.15, -0.1) is 11.3 Å². The van der Waals surface area contributed by atoms with Crippen molar-refractivity contribution in [3.05, 3.63) is 59.0 Å². The van der Waals surface area contributed by atoms with Crippen LogP contribution in [0.5, 0.6) is 0 Å². The molecule has 19 heavy (non-hydrogen) atoms. The van der Waals surface area contributed by atoms with E-state index in [1.165, 1.54) is 20.5 Å². The van der Waals surface area contributed by atoms with E-state index in [0.717, 1.165) is 12.8 Å². The summed E-state index contributed by atoms with van der Waals surface area (Å²) in [5, 5.41) is 1.31. The first-order chi connectivity index (χ1) is 9.22. The first-order valence-corrected chi connectivity index (χ1v) is 7.39. The lowest BCUT2D eigenvalue weighted by molar-refractivity contribution is -0.116. The molecule has 1 aliphatic carbocycles. The molecule has 1 unspecified atom stereocenters. The Morgan fingerprint density at radius 3 is 2.95 bits per heavy atom. The van der Waals surface area contributed by atoms with Gasteiger partial charge in [0.05, 0.1) is 0 Å². The zero-order valence-corrected chi connectivity index (χ0v) is 11.7. The Kier molecular flexibility index (Phi) is 3.34. The van der Waals surface area contributed by atoms with E-state index in [0.29, 0.717) is 0 Å². The fourth-order valence-corrected chi connectivity index (χ4v) is 3.54. The van der Waals surface area contributed by atoms with Crippen molar-refractivity contribution in [1.29, 1.82) is 0 Å². The molecule has 2 heteroatoms. The average Bonchev–Trinajstić information content (AvgIpc) is 2.92. The number of thiophene rings is 1. The molecular formula is C17H16OS. The number of ketones is 1. The molecule has 3 rings (SSSR count). The molecule has 0 saturated heterocycles. The van der Waals surface area contributed by atoms with E-state index < -0.39 is 0 Å². The van der Waals surface area contributed by atoms with E-state index in [9.17, 15) is 4.79 Å². The van der Waals surface area contributed by atoms with Crippen molar-refractivity contribution in [1.82, 2.24) is 0 Å². The van der Waals surface area contributed by atoms with E-state index in [4.69, 9.17) is 0 Å². The number of hydrogen-bond acceptors (Lipinski definition) is 2. The van der Waals surface area contributed by atoms with Gasteiger partial charge in [-0.05, 0) is 43.4 Å². The monoisotopic (exact) mass is 268 g/mol. The van der Waals surface area contributed by atoms with Crippen molar-refractivity contribution >= 4 is 27.2 Å². The number of hydrogen-bond donors (Lipinski definition) is 0. The second kappa shape index (κ2) is 5.14. The quantitative estimate of drug-likeness (QED) is 0.747. The van der Waals surface area contributed by atoms with Gasteiger partial charge in [-0.1, -0.05) is 35.9 Å². The summed E-state index contributed by atoms with van der Waals surface area (Å²) in [5.74, 6) is 0.333. The van der Waals surface area contributed by atoms with Crippen LogP contribution >= 0.6 is 11.3 Å². The summed E-state index contributed by atoms with van der Waals surface area (Å²) < 4.78 is 1.33. The summed E-state index contributed by atoms with van der Waals surface area (Å²) in [6.07, 6.45) is 7.79. The number of rotatable bonds is 3. The van der Waals surface area contributed by atoms with Crippen LogP contribution in [0.1, 0.15) is 18.2 Å². The average molecular weight is 268 g/mol. The lowest BCUT2D eigenvalue weighted by atomic mass is 10.0. The number of carbonyl (C=O) groups excluding carboxylic acids is 1. The summed E-state index contributed by atoms with van der Waals surface area (Å²) in [6, 6.07) is 10.7. The number of carbonyl (C=O) groups is 1. The van der Waals surface area contributed by atoms with Gasteiger partial charge in [0.15, 0.2) is 5.78 Å². The molecular weight excluding hydrogens is 252 g/mol. The van der Waals surface area contributed by atoms with Crippen LogP contribution in [-0.4, -0.2) is 5.78 Å². The molecule has 0 bridgehead atoms. The number of fused-ring (bicyclic) bond motifs is 1. The van der Waals surface area contributed by atoms with Crippen LogP contribution in [0.15, 0.2) is 54.1 Å². The van der Waals surface area contributed by atoms with Crippen LogP contribution < -0.4 is 0 Å². The zero-order chi connectivity index (χ0) is 13.2. The molecule has 1 atom stereocenters. The molecule has 0 N–H and O–H groups in total. The van der Waals surface area contributed by atoms with Gasteiger partial charge in [0.2, 0.25) is 0 Å². The molecule has 0 radical (unpaired) electrons. The second-order valence-corrected chi connectivity index (χ2v) is 6.25. The summed E-state index contributed by atoms with van der Waals surface area (Å²) >= 11 is 1.83. The van der Waals surface area contributed by atoms with Gasteiger partial charge in [0.1, 0.15) is 0 Å². The molecule has 96 valence electrons.